The number of carbonyl (C=O) groups is 2. The van der Waals surface area contributed by atoms with E-state index >= 15 is 0 Å². The van der Waals surface area contributed by atoms with Crippen LogP contribution in [0.25, 0.3) is 5.82 Å². The van der Waals surface area contributed by atoms with Gasteiger partial charge in [-0.05, 0) is 44.9 Å². The number of hydrogen-bond acceptors (Lipinski definition) is 6. The van der Waals surface area contributed by atoms with E-state index in [-0.39, 0.29) is 5.69 Å². The van der Waals surface area contributed by atoms with Crippen LogP contribution in [0.4, 0.5) is 0 Å². The molecule has 32 heavy (non-hydrogen) atoms. The highest BCUT2D eigenvalue weighted by molar-refractivity contribution is 5.98. The first-order valence-corrected chi connectivity index (χ1v) is 10.8. The van der Waals surface area contributed by atoms with Gasteiger partial charge in [-0.25, -0.2) is 15.1 Å². The fraction of sp³-hybridized carbons (Fsp3) is 0.591. The van der Waals surface area contributed by atoms with Crippen molar-refractivity contribution in [1.82, 2.24) is 25.6 Å². The smallest absolute Gasteiger partial charge is 0.272 e. The molecule has 2 aromatic heterocycles. The summed E-state index contributed by atoms with van der Waals surface area (Å²) in [5.74, 6) is 0.317. The fourth-order valence-corrected chi connectivity index (χ4v) is 4.08. The van der Waals surface area contributed by atoms with Crippen molar-refractivity contribution in [2.75, 3.05) is 0 Å². The predicted molar refractivity (Wildman–Crippen MR) is 115 cm³/mol. The van der Waals surface area contributed by atoms with Gasteiger partial charge in [-0.1, -0.05) is 20.8 Å². The molecule has 172 valence electrons. The maximum absolute atomic E-state index is 13.3. The standard InChI is InChI=1S/C22H30N6O4/c1-21(2,3)18(20(30)26-32-22(4,5)6)24-19(29)16-14-10-12-9-13(12)17(14)28(25-16)15-11-27(31)8-7-23-15/h7-8,11-13,18H,9-10H2,1-6H3,(H,24,29)(H,26,30)/t12-,13-,18-/m1/s1. The van der Waals surface area contributed by atoms with Crippen LogP contribution in [0.5, 0.6) is 0 Å². The molecule has 0 aromatic carbocycles. The normalized spacial score (nSPS) is 20.3. The highest BCUT2D eigenvalue weighted by Gasteiger charge is 2.50. The third-order valence-corrected chi connectivity index (χ3v) is 5.72. The Kier molecular flexibility index (Phi) is 5.23. The van der Waals surface area contributed by atoms with Crippen LogP contribution in [0, 0.1) is 16.5 Å². The molecule has 4 rings (SSSR count). The second-order valence-electron chi connectivity index (χ2n) is 10.7. The lowest BCUT2D eigenvalue weighted by Crippen LogP contribution is -2.54. The number of carbonyl (C=O) groups excluding carboxylic acids is 2. The summed E-state index contributed by atoms with van der Waals surface area (Å²) in [6.07, 6.45) is 5.84. The Morgan fingerprint density at radius 1 is 1.28 bits per heavy atom. The van der Waals surface area contributed by atoms with Crippen LogP contribution in [0.3, 0.4) is 0 Å². The zero-order valence-corrected chi connectivity index (χ0v) is 19.3. The van der Waals surface area contributed by atoms with E-state index in [0.29, 0.717) is 22.4 Å². The number of fused-ring (bicyclic) bond motifs is 3. The maximum atomic E-state index is 13.3. The van der Waals surface area contributed by atoms with Gasteiger partial charge in [-0.15, -0.1) is 0 Å². The summed E-state index contributed by atoms with van der Waals surface area (Å²) < 4.78 is 2.26. The number of aromatic nitrogens is 4. The molecule has 0 saturated heterocycles. The molecule has 0 radical (unpaired) electrons. The van der Waals surface area contributed by atoms with Crippen LogP contribution >= 0.6 is 0 Å². The van der Waals surface area contributed by atoms with Crippen molar-refractivity contribution in [2.45, 2.75) is 71.9 Å². The Morgan fingerprint density at radius 3 is 2.62 bits per heavy atom. The van der Waals surface area contributed by atoms with Crippen LogP contribution in [-0.4, -0.2) is 38.2 Å². The van der Waals surface area contributed by atoms with E-state index < -0.39 is 28.9 Å². The van der Waals surface area contributed by atoms with Crippen molar-refractivity contribution < 1.29 is 19.2 Å². The van der Waals surface area contributed by atoms with E-state index in [4.69, 9.17) is 4.84 Å². The van der Waals surface area contributed by atoms with Gasteiger partial charge in [0.25, 0.3) is 11.8 Å². The number of nitrogens with zero attached hydrogens (tertiary/aromatic N) is 4. The second-order valence-corrected chi connectivity index (χ2v) is 10.7. The topological polar surface area (TPSA) is 125 Å². The van der Waals surface area contributed by atoms with E-state index in [1.165, 1.54) is 18.6 Å². The molecule has 0 unspecified atom stereocenters. The molecule has 1 saturated carbocycles. The van der Waals surface area contributed by atoms with E-state index in [0.717, 1.165) is 24.1 Å². The lowest BCUT2D eigenvalue weighted by molar-refractivity contribution is -0.605. The van der Waals surface area contributed by atoms with Gasteiger partial charge in [0.05, 0.1) is 17.5 Å². The van der Waals surface area contributed by atoms with Crippen molar-refractivity contribution in [3.63, 3.8) is 0 Å². The van der Waals surface area contributed by atoms with Gasteiger partial charge in [0.1, 0.15) is 6.04 Å². The number of amides is 2. The molecule has 2 heterocycles. The van der Waals surface area contributed by atoms with Gasteiger partial charge in [0.2, 0.25) is 12.0 Å². The fourth-order valence-electron chi connectivity index (χ4n) is 4.08. The second kappa shape index (κ2) is 7.54. The molecule has 2 aliphatic rings. The number of rotatable bonds is 5. The Morgan fingerprint density at radius 2 is 2.00 bits per heavy atom. The minimum atomic E-state index is -0.840. The van der Waals surface area contributed by atoms with Crippen LogP contribution in [0.2, 0.25) is 0 Å². The number of hydrogen-bond donors (Lipinski definition) is 2. The van der Waals surface area contributed by atoms with Crippen molar-refractivity contribution in [3.05, 3.63) is 40.7 Å². The van der Waals surface area contributed by atoms with Crippen molar-refractivity contribution in [1.29, 1.82) is 0 Å². The molecule has 10 heteroatoms. The highest BCUT2D eigenvalue weighted by atomic mass is 16.7. The largest absolute Gasteiger partial charge is 0.619 e. The van der Waals surface area contributed by atoms with Gasteiger partial charge in [-0.3, -0.25) is 14.4 Å². The zero-order chi connectivity index (χ0) is 23.4. The Balaban J connectivity index is 1.62. The molecule has 0 aliphatic heterocycles. The predicted octanol–water partition coefficient (Wildman–Crippen LogP) is 1.55. The molecule has 0 bridgehead atoms. The zero-order valence-electron chi connectivity index (χ0n) is 19.3. The molecular formula is C22H30N6O4. The summed E-state index contributed by atoms with van der Waals surface area (Å²) >= 11 is 0. The number of hydroxylamine groups is 1. The first-order chi connectivity index (χ1) is 14.8. The third-order valence-electron chi connectivity index (χ3n) is 5.72. The monoisotopic (exact) mass is 442 g/mol. The van der Waals surface area contributed by atoms with Crippen LogP contribution in [0.15, 0.2) is 18.6 Å². The first kappa shape index (κ1) is 22.2. The summed E-state index contributed by atoms with van der Waals surface area (Å²) in [5.41, 5.74) is 3.41. The molecule has 10 nitrogen and oxygen atoms in total. The molecule has 2 aromatic rings. The Hall–Kier alpha value is -3.01. The molecule has 1 fully saturated rings. The molecule has 2 amide bonds. The van der Waals surface area contributed by atoms with Crippen molar-refractivity contribution >= 4 is 11.8 Å². The Labute approximate surface area is 186 Å². The minimum Gasteiger partial charge on any atom is -0.619 e. The van der Waals surface area contributed by atoms with Crippen molar-refractivity contribution in [3.8, 4) is 5.82 Å². The van der Waals surface area contributed by atoms with Gasteiger partial charge in [-0.2, -0.15) is 9.83 Å². The maximum Gasteiger partial charge on any atom is 0.272 e. The molecule has 3 atom stereocenters. The average molecular weight is 443 g/mol. The molecule has 0 spiro atoms. The third kappa shape index (κ3) is 4.32. The van der Waals surface area contributed by atoms with Gasteiger partial charge >= 0.3 is 0 Å². The van der Waals surface area contributed by atoms with Crippen molar-refractivity contribution in [2.24, 2.45) is 11.3 Å². The van der Waals surface area contributed by atoms with Gasteiger partial charge in [0, 0.05) is 11.5 Å². The van der Waals surface area contributed by atoms with Crippen LogP contribution < -0.4 is 15.5 Å². The number of nitrogens with one attached hydrogen (secondary N) is 2. The van der Waals surface area contributed by atoms with E-state index in [1.54, 1.807) is 4.68 Å². The van der Waals surface area contributed by atoms with E-state index in [2.05, 4.69) is 20.9 Å². The van der Waals surface area contributed by atoms with Crippen LogP contribution in [0.1, 0.15) is 75.6 Å². The quantitative estimate of drug-likeness (QED) is 0.411. The van der Waals surface area contributed by atoms with E-state index in [1.807, 2.05) is 41.5 Å². The summed E-state index contributed by atoms with van der Waals surface area (Å²) in [5, 5.41) is 19.1. The average Bonchev–Trinajstić information content (AvgIpc) is 3.18. The summed E-state index contributed by atoms with van der Waals surface area (Å²) in [7, 11) is 0. The lowest BCUT2D eigenvalue weighted by Gasteiger charge is -2.31. The summed E-state index contributed by atoms with van der Waals surface area (Å²) in [6.45, 7) is 11.1. The van der Waals surface area contributed by atoms with E-state index in [9.17, 15) is 14.8 Å². The van der Waals surface area contributed by atoms with Gasteiger partial charge < -0.3 is 10.5 Å². The first-order valence-electron chi connectivity index (χ1n) is 10.8. The highest BCUT2D eigenvalue weighted by Crippen LogP contribution is 2.57. The molecule has 2 N–H and O–H groups in total. The SMILES string of the molecule is CC(C)(C)ONC(=O)[C@@H](NC(=O)c1nn(-c2c[n+]([O-])ccn2)c2c1C[C@H]1C[C@@H]21)C(C)(C)C. The van der Waals surface area contributed by atoms with Crippen LogP contribution in [-0.2, 0) is 16.1 Å². The molecule has 2 aliphatic carbocycles. The molecular weight excluding hydrogens is 412 g/mol. The Bertz CT molecular complexity index is 1070. The minimum absolute atomic E-state index is 0.272. The summed E-state index contributed by atoms with van der Waals surface area (Å²) in [6, 6.07) is -0.840. The summed E-state index contributed by atoms with van der Waals surface area (Å²) in [4.78, 5) is 35.8. The lowest BCUT2D eigenvalue weighted by atomic mass is 9.86. The van der Waals surface area contributed by atoms with Gasteiger partial charge in [0.15, 0.2) is 11.9 Å².